The van der Waals surface area contributed by atoms with Gasteiger partial charge in [0.1, 0.15) is 5.41 Å². The van der Waals surface area contributed by atoms with Crippen LogP contribution in [0.25, 0.3) is 0 Å². The molecule has 2 fully saturated rings. The number of alkyl halides is 1. The van der Waals surface area contributed by atoms with Gasteiger partial charge in [-0.25, -0.2) is 0 Å². The van der Waals surface area contributed by atoms with Crippen molar-refractivity contribution >= 4 is 28.6 Å². The second-order valence-corrected chi connectivity index (χ2v) is 5.98. The quantitative estimate of drug-likeness (QED) is 0.330. The molecule has 1 aliphatic carbocycles. The third-order valence-electron chi connectivity index (χ3n) is 4.22. The van der Waals surface area contributed by atoms with E-state index in [0.29, 0.717) is 19.4 Å². The van der Waals surface area contributed by atoms with Crippen molar-refractivity contribution in [1.29, 1.82) is 0 Å². The minimum Gasteiger partial charge on any atom is -0.465 e. The van der Waals surface area contributed by atoms with Gasteiger partial charge in [0, 0.05) is 4.43 Å². The molecular formula is C15H17IO3. The average Bonchev–Trinajstić information content (AvgIpc) is 2.65. The van der Waals surface area contributed by atoms with Crippen LogP contribution < -0.4 is 0 Å². The summed E-state index contributed by atoms with van der Waals surface area (Å²) in [5, 5.41) is 0. The molecule has 1 aliphatic heterocycles. The molecular weight excluding hydrogens is 355 g/mol. The summed E-state index contributed by atoms with van der Waals surface area (Å²) < 4.78 is 12.1. The molecule has 19 heavy (non-hydrogen) atoms. The monoisotopic (exact) mass is 372 g/mol. The number of fused-ring (bicyclic) bond motifs is 2. The predicted octanol–water partition coefficient (Wildman–Crippen LogP) is 2.32. The van der Waals surface area contributed by atoms with Crippen LogP contribution in [0.1, 0.15) is 32.6 Å². The van der Waals surface area contributed by atoms with Crippen molar-refractivity contribution in [2.24, 2.45) is 5.41 Å². The summed E-state index contributed by atoms with van der Waals surface area (Å²) in [4.78, 5) is 12.5. The molecule has 1 saturated carbocycles. The molecule has 0 aromatic rings. The van der Waals surface area contributed by atoms with E-state index in [-0.39, 0.29) is 11.6 Å². The van der Waals surface area contributed by atoms with Gasteiger partial charge in [-0.2, -0.15) is 0 Å². The zero-order chi connectivity index (χ0) is 14.1. The zero-order valence-electron chi connectivity index (χ0n) is 11.0. The predicted molar refractivity (Wildman–Crippen MR) is 80.6 cm³/mol. The van der Waals surface area contributed by atoms with E-state index in [1.54, 1.807) is 6.92 Å². The van der Waals surface area contributed by atoms with Gasteiger partial charge in [0.15, 0.2) is 0 Å². The Bertz CT molecular complexity index is 459. The first-order chi connectivity index (χ1) is 9.03. The number of ether oxygens (including phenoxy) is 2. The average molecular weight is 372 g/mol. The highest BCUT2D eigenvalue weighted by Gasteiger charge is 2.69. The van der Waals surface area contributed by atoms with E-state index >= 15 is 0 Å². The van der Waals surface area contributed by atoms with Crippen LogP contribution in [0.5, 0.6) is 0 Å². The summed E-state index contributed by atoms with van der Waals surface area (Å²) in [5.41, 5.74) is -2.53. The van der Waals surface area contributed by atoms with Crippen molar-refractivity contribution < 1.29 is 14.3 Å². The lowest BCUT2D eigenvalue weighted by Gasteiger charge is -2.36. The Morgan fingerprint density at radius 2 is 2.11 bits per heavy atom. The zero-order valence-corrected chi connectivity index (χ0v) is 13.2. The van der Waals surface area contributed by atoms with Gasteiger partial charge < -0.3 is 9.47 Å². The summed E-state index contributed by atoms with van der Waals surface area (Å²) in [6.45, 7) is 2.11. The molecule has 0 radical (unpaired) electrons. The van der Waals surface area contributed by atoms with Crippen LogP contribution in [0.2, 0.25) is 0 Å². The minimum atomic E-state index is -1.26. The first-order valence-electron chi connectivity index (χ1n) is 6.42. The van der Waals surface area contributed by atoms with Crippen LogP contribution in [-0.4, -0.2) is 28.2 Å². The first-order valence-corrected chi connectivity index (χ1v) is 7.95. The minimum absolute atomic E-state index is 0.308. The fourth-order valence-electron chi connectivity index (χ4n) is 3.35. The number of hydrogen-bond acceptors (Lipinski definition) is 3. The highest BCUT2D eigenvalue weighted by atomic mass is 127. The maximum atomic E-state index is 12.5. The summed E-state index contributed by atoms with van der Waals surface area (Å²) in [5.74, 6) is 4.84. The Morgan fingerprint density at radius 3 is 2.63 bits per heavy atom. The molecule has 0 aromatic heterocycles. The van der Waals surface area contributed by atoms with Gasteiger partial charge >= 0.3 is 5.97 Å². The Labute approximate surface area is 127 Å². The lowest BCUT2D eigenvalue weighted by atomic mass is 9.63. The smallest absolute Gasteiger partial charge is 0.317 e. The molecule has 0 unspecified atom stereocenters. The molecule has 4 heteroatoms. The van der Waals surface area contributed by atoms with E-state index in [1.165, 1.54) is 0 Å². The topological polar surface area (TPSA) is 35.5 Å². The molecule has 2 atom stereocenters. The molecule has 1 heterocycles. The Hall–Kier alpha value is -0.720. The number of hydrogen-bond donors (Lipinski definition) is 0. The molecule has 2 bridgehead atoms. The van der Waals surface area contributed by atoms with Crippen molar-refractivity contribution in [3.63, 3.8) is 0 Å². The lowest BCUT2D eigenvalue weighted by Crippen LogP contribution is -2.49. The van der Waals surface area contributed by atoms with Crippen LogP contribution in [0.3, 0.4) is 0 Å². The van der Waals surface area contributed by atoms with Crippen molar-refractivity contribution in [2.45, 2.75) is 43.8 Å². The molecule has 0 aromatic carbocycles. The van der Waals surface area contributed by atoms with Gasteiger partial charge in [0.05, 0.1) is 12.2 Å². The summed E-state index contributed by atoms with van der Waals surface area (Å²) in [7, 11) is 0. The van der Waals surface area contributed by atoms with Crippen molar-refractivity contribution in [1.82, 2.24) is 0 Å². The van der Waals surface area contributed by atoms with Crippen LogP contribution in [0, 0.1) is 30.1 Å². The third kappa shape index (κ3) is 1.88. The van der Waals surface area contributed by atoms with E-state index in [4.69, 9.17) is 22.3 Å². The number of halogens is 1. The second kappa shape index (κ2) is 5.00. The largest absolute Gasteiger partial charge is 0.465 e. The summed E-state index contributed by atoms with van der Waals surface area (Å²) >= 11 is 2.27. The van der Waals surface area contributed by atoms with Crippen LogP contribution >= 0.6 is 22.6 Å². The molecule has 0 N–H and O–H groups in total. The van der Waals surface area contributed by atoms with Gasteiger partial charge in [-0.05, 0) is 32.6 Å². The maximum Gasteiger partial charge on any atom is 0.317 e. The molecule has 102 valence electrons. The van der Waals surface area contributed by atoms with Crippen LogP contribution in [0.4, 0.5) is 0 Å². The first kappa shape index (κ1) is 14.7. The van der Waals surface area contributed by atoms with Crippen molar-refractivity contribution in [3.8, 4) is 24.7 Å². The van der Waals surface area contributed by atoms with Gasteiger partial charge in [0.25, 0.3) is 0 Å². The molecule has 0 spiro atoms. The molecule has 2 aliphatic rings. The van der Waals surface area contributed by atoms with Gasteiger partial charge in [0.2, 0.25) is 5.60 Å². The summed E-state index contributed by atoms with van der Waals surface area (Å²) in [6.07, 6.45) is 14.3. The highest BCUT2D eigenvalue weighted by molar-refractivity contribution is 14.1. The van der Waals surface area contributed by atoms with Crippen molar-refractivity contribution in [2.75, 3.05) is 11.0 Å². The number of terminal acetylenes is 2. The van der Waals surface area contributed by atoms with E-state index in [9.17, 15) is 4.79 Å². The van der Waals surface area contributed by atoms with Crippen LogP contribution in [0.15, 0.2) is 0 Å². The summed E-state index contributed by atoms with van der Waals surface area (Å²) in [6, 6.07) is 0. The highest BCUT2D eigenvalue weighted by Crippen LogP contribution is 2.60. The molecule has 1 saturated heterocycles. The Morgan fingerprint density at radius 1 is 1.42 bits per heavy atom. The second-order valence-electron chi connectivity index (χ2n) is 5.22. The maximum absolute atomic E-state index is 12.5. The van der Waals surface area contributed by atoms with Gasteiger partial charge in [-0.3, -0.25) is 4.79 Å². The van der Waals surface area contributed by atoms with E-state index < -0.39 is 11.0 Å². The fourth-order valence-corrected chi connectivity index (χ4v) is 4.16. The lowest BCUT2D eigenvalue weighted by molar-refractivity contribution is -0.160. The SMILES string of the molecule is C#CC1(C#C)O[C@]2(CI)CCC[C@@]1(C(=O)OCC)C2. The van der Waals surface area contributed by atoms with Crippen molar-refractivity contribution in [3.05, 3.63) is 0 Å². The van der Waals surface area contributed by atoms with E-state index in [0.717, 1.165) is 17.3 Å². The molecule has 0 amide bonds. The Kier molecular flexibility index (Phi) is 3.86. The number of esters is 1. The van der Waals surface area contributed by atoms with E-state index in [1.807, 2.05) is 0 Å². The number of rotatable bonds is 3. The van der Waals surface area contributed by atoms with Gasteiger partial charge in [-0.1, -0.05) is 34.4 Å². The van der Waals surface area contributed by atoms with E-state index in [2.05, 4.69) is 34.4 Å². The Balaban J connectivity index is 2.52. The fraction of sp³-hybridized carbons (Fsp3) is 0.667. The van der Waals surface area contributed by atoms with Crippen LogP contribution in [-0.2, 0) is 14.3 Å². The standard InChI is InChI=1S/C15H17IO3/c1-4-15(5-2)14(12(17)18-6-3)9-7-8-13(10-14,11-16)19-15/h1-2H,6-11H2,3H3/t13-,14+/m1/s1. The third-order valence-corrected chi connectivity index (χ3v) is 5.61. The number of carbonyl (C=O) groups excluding carboxylic acids is 1. The molecule has 3 nitrogen and oxygen atoms in total. The normalized spacial score (nSPS) is 35.2. The number of carbonyl (C=O) groups is 1. The molecule has 2 rings (SSSR count). The van der Waals surface area contributed by atoms with Gasteiger partial charge in [-0.15, -0.1) is 12.8 Å².